The fourth-order valence-electron chi connectivity index (χ4n) is 1.64. The molecule has 0 heterocycles. The Morgan fingerprint density at radius 1 is 1.18 bits per heavy atom. The summed E-state index contributed by atoms with van der Waals surface area (Å²) in [6.07, 6.45) is 2.84. The van der Waals surface area contributed by atoms with Gasteiger partial charge in [-0.05, 0) is 48.2 Å². The van der Waals surface area contributed by atoms with Crippen LogP contribution in [-0.2, 0) is 0 Å². The van der Waals surface area contributed by atoms with Crippen molar-refractivity contribution in [2.24, 2.45) is 0 Å². The minimum atomic E-state index is -0.437. The average Bonchev–Trinajstić information content (AvgIpc) is 2.51. The van der Waals surface area contributed by atoms with E-state index >= 15 is 0 Å². The van der Waals surface area contributed by atoms with Crippen molar-refractivity contribution < 1.29 is 9.18 Å². The van der Waals surface area contributed by atoms with Crippen molar-refractivity contribution in [3.8, 4) is 5.40 Å². The quantitative estimate of drug-likeness (QED) is 0.657. The molecular weight excluding hydrogens is 301 g/mol. The van der Waals surface area contributed by atoms with Crippen LogP contribution in [0.4, 0.5) is 14.9 Å². The van der Waals surface area contributed by atoms with Crippen molar-refractivity contribution in [2.75, 3.05) is 5.32 Å². The summed E-state index contributed by atoms with van der Waals surface area (Å²) < 4.78 is 13.4. The van der Waals surface area contributed by atoms with Crippen LogP contribution in [0.3, 0.4) is 0 Å². The van der Waals surface area contributed by atoms with Crippen molar-refractivity contribution >= 4 is 29.6 Å². The van der Waals surface area contributed by atoms with Crippen LogP contribution in [0, 0.1) is 16.5 Å². The number of nitrogens with one attached hydrogen (secondary N) is 2. The second-order valence-corrected chi connectivity index (χ2v) is 5.03. The Balaban J connectivity index is 1.88. The maximum Gasteiger partial charge on any atom is 0.323 e. The first-order chi connectivity index (χ1) is 10.7. The van der Waals surface area contributed by atoms with Crippen molar-refractivity contribution in [2.45, 2.75) is 4.90 Å². The standard InChI is InChI=1S/C16H12FN3OS/c17-15-4-2-1-3-12(15)9-10-19-16(21)20-13-5-7-14(8-6-13)22-11-18/h1-10H,(H2,19,20,21)/b10-9+. The van der Waals surface area contributed by atoms with E-state index < -0.39 is 6.03 Å². The summed E-state index contributed by atoms with van der Waals surface area (Å²) in [4.78, 5) is 12.5. The number of carbonyl (C=O) groups excluding carboxylic acids is 1. The highest BCUT2D eigenvalue weighted by Gasteiger charge is 2.00. The number of halogens is 1. The highest BCUT2D eigenvalue weighted by atomic mass is 32.2. The maximum atomic E-state index is 13.4. The number of hydrogen-bond donors (Lipinski definition) is 2. The van der Waals surface area contributed by atoms with Gasteiger partial charge in [0, 0.05) is 22.3 Å². The fraction of sp³-hybridized carbons (Fsp3) is 0. The SMILES string of the molecule is N#CSc1ccc(NC(=O)N/C=C/c2ccccc2F)cc1. The van der Waals surface area contributed by atoms with Crippen LogP contribution in [0.1, 0.15) is 5.56 Å². The first-order valence-electron chi connectivity index (χ1n) is 6.33. The number of anilines is 1. The Bertz CT molecular complexity index is 723. The highest BCUT2D eigenvalue weighted by Crippen LogP contribution is 2.18. The van der Waals surface area contributed by atoms with E-state index in [0.29, 0.717) is 11.3 Å². The molecule has 0 aliphatic heterocycles. The number of urea groups is 1. The van der Waals surface area contributed by atoms with Gasteiger partial charge in [0.25, 0.3) is 0 Å². The van der Waals surface area contributed by atoms with Gasteiger partial charge in [-0.25, -0.2) is 9.18 Å². The van der Waals surface area contributed by atoms with Gasteiger partial charge in [-0.2, -0.15) is 5.26 Å². The summed E-state index contributed by atoms with van der Waals surface area (Å²) in [6.45, 7) is 0. The molecule has 0 spiro atoms. The number of thiocyanates is 1. The molecule has 0 aliphatic rings. The van der Waals surface area contributed by atoms with Gasteiger partial charge in [0.05, 0.1) is 0 Å². The maximum absolute atomic E-state index is 13.4. The Labute approximate surface area is 131 Å². The first-order valence-corrected chi connectivity index (χ1v) is 7.15. The molecule has 0 aliphatic carbocycles. The van der Waals surface area contributed by atoms with Gasteiger partial charge < -0.3 is 10.6 Å². The Morgan fingerprint density at radius 2 is 1.91 bits per heavy atom. The molecule has 110 valence electrons. The number of nitrogens with zero attached hydrogens (tertiary/aromatic N) is 1. The molecule has 0 saturated heterocycles. The van der Waals surface area contributed by atoms with Gasteiger partial charge in [-0.3, -0.25) is 0 Å². The summed E-state index contributed by atoms with van der Waals surface area (Å²) in [5, 5.41) is 15.6. The zero-order valence-corrected chi connectivity index (χ0v) is 12.2. The third-order valence-electron chi connectivity index (χ3n) is 2.66. The molecule has 2 amide bonds. The number of hydrogen-bond acceptors (Lipinski definition) is 3. The molecule has 0 bridgehead atoms. The van der Waals surface area contributed by atoms with Gasteiger partial charge in [0.15, 0.2) is 0 Å². The average molecular weight is 313 g/mol. The zero-order valence-electron chi connectivity index (χ0n) is 11.4. The lowest BCUT2D eigenvalue weighted by Crippen LogP contribution is -2.23. The molecule has 0 aromatic heterocycles. The zero-order chi connectivity index (χ0) is 15.8. The molecule has 4 nitrogen and oxygen atoms in total. The van der Waals surface area contributed by atoms with Crippen molar-refractivity contribution in [1.82, 2.24) is 5.32 Å². The molecule has 0 saturated carbocycles. The summed E-state index contributed by atoms with van der Waals surface area (Å²) in [7, 11) is 0. The third kappa shape index (κ3) is 4.65. The largest absolute Gasteiger partial charge is 0.323 e. The van der Waals surface area contributed by atoms with Gasteiger partial charge in [0.1, 0.15) is 11.2 Å². The molecule has 6 heteroatoms. The van der Waals surface area contributed by atoms with Gasteiger partial charge in [0.2, 0.25) is 0 Å². The number of benzene rings is 2. The molecule has 2 aromatic rings. The molecule has 2 aromatic carbocycles. The molecule has 22 heavy (non-hydrogen) atoms. The summed E-state index contributed by atoms with van der Waals surface area (Å²) in [5.41, 5.74) is 0.986. The van der Waals surface area contributed by atoms with Crippen LogP contribution < -0.4 is 10.6 Å². The number of thioether (sulfide) groups is 1. The van der Waals surface area contributed by atoms with Gasteiger partial charge in [-0.1, -0.05) is 18.2 Å². The van der Waals surface area contributed by atoms with Gasteiger partial charge >= 0.3 is 6.03 Å². The Morgan fingerprint density at radius 3 is 2.59 bits per heavy atom. The van der Waals surface area contributed by atoms with E-state index in [2.05, 4.69) is 10.6 Å². The molecule has 2 rings (SSSR count). The topological polar surface area (TPSA) is 64.9 Å². The van der Waals surface area contributed by atoms with E-state index in [1.807, 2.05) is 5.40 Å². The Kier molecular flexibility index (Phi) is 5.57. The summed E-state index contributed by atoms with van der Waals surface area (Å²) in [5.74, 6) is -0.355. The predicted octanol–water partition coefficient (Wildman–Crippen LogP) is 4.19. The van der Waals surface area contributed by atoms with E-state index in [9.17, 15) is 9.18 Å². The van der Waals surface area contributed by atoms with Gasteiger partial charge in [-0.15, -0.1) is 0 Å². The Hall–Kier alpha value is -2.78. The lowest BCUT2D eigenvalue weighted by molar-refractivity contribution is 0.255. The smallest absolute Gasteiger partial charge is 0.314 e. The van der Waals surface area contributed by atoms with Crippen molar-refractivity contribution in [1.29, 1.82) is 5.26 Å². The lowest BCUT2D eigenvalue weighted by Gasteiger charge is -2.05. The second-order valence-electron chi connectivity index (χ2n) is 4.17. The molecular formula is C16H12FN3OS. The van der Waals surface area contributed by atoms with E-state index in [4.69, 9.17) is 5.26 Å². The van der Waals surface area contributed by atoms with Crippen molar-refractivity contribution in [3.05, 3.63) is 66.1 Å². The summed E-state index contributed by atoms with van der Waals surface area (Å²) in [6, 6.07) is 12.7. The predicted molar refractivity (Wildman–Crippen MR) is 85.5 cm³/mol. The van der Waals surface area contributed by atoms with Crippen molar-refractivity contribution in [3.63, 3.8) is 0 Å². The number of carbonyl (C=O) groups is 1. The van der Waals surface area contributed by atoms with Crippen LogP contribution in [0.15, 0.2) is 59.6 Å². The molecule has 2 N–H and O–H groups in total. The van der Waals surface area contributed by atoms with E-state index in [0.717, 1.165) is 16.7 Å². The van der Waals surface area contributed by atoms with Crippen LogP contribution >= 0.6 is 11.8 Å². The molecule has 0 unspecified atom stereocenters. The minimum absolute atomic E-state index is 0.355. The second kappa shape index (κ2) is 7.86. The van der Waals surface area contributed by atoms with Crippen LogP contribution in [0.25, 0.3) is 6.08 Å². The van der Waals surface area contributed by atoms with E-state index in [-0.39, 0.29) is 5.82 Å². The third-order valence-corrected chi connectivity index (χ3v) is 3.26. The summed E-state index contributed by atoms with van der Waals surface area (Å²) >= 11 is 1.05. The molecule has 0 radical (unpaired) electrons. The van der Waals surface area contributed by atoms with Crippen LogP contribution in [-0.4, -0.2) is 6.03 Å². The molecule has 0 fully saturated rings. The lowest BCUT2D eigenvalue weighted by atomic mass is 10.2. The fourth-order valence-corrected chi connectivity index (χ4v) is 2.02. The minimum Gasteiger partial charge on any atom is -0.314 e. The number of rotatable bonds is 4. The van der Waals surface area contributed by atoms with E-state index in [1.54, 1.807) is 42.5 Å². The van der Waals surface area contributed by atoms with Crippen LogP contribution in [0.2, 0.25) is 0 Å². The molecule has 0 atom stereocenters. The van der Waals surface area contributed by atoms with Crippen LogP contribution in [0.5, 0.6) is 0 Å². The monoisotopic (exact) mass is 313 g/mol. The van der Waals surface area contributed by atoms with E-state index in [1.165, 1.54) is 18.3 Å². The highest BCUT2D eigenvalue weighted by molar-refractivity contribution is 8.03. The normalized spacial score (nSPS) is 10.2. The first kappa shape index (κ1) is 15.6. The number of nitriles is 1. The number of amides is 2.